The number of carboxylic acids is 3. The van der Waals surface area contributed by atoms with Crippen LogP contribution in [0.5, 0.6) is 5.75 Å². The molecule has 15 nitrogen and oxygen atoms in total. The van der Waals surface area contributed by atoms with Gasteiger partial charge in [-0.05, 0) is 24.1 Å². The number of phenols is 1. The first kappa shape index (κ1) is 29.8. The van der Waals surface area contributed by atoms with Gasteiger partial charge in [0.1, 0.15) is 23.9 Å². The molecule has 198 valence electrons. The third-order valence-corrected chi connectivity index (χ3v) is 4.82. The highest BCUT2D eigenvalue weighted by Gasteiger charge is 2.31. The van der Waals surface area contributed by atoms with Crippen LogP contribution in [0.2, 0.25) is 0 Å². The van der Waals surface area contributed by atoms with Gasteiger partial charge in [-0.25, -0.2) is 4.79 Å². The number of nitrogens with one attached hydrogen (secondary N) is 3. The van der Waals surface area contributed by atoms with Crippen molar-refractivity contribution in [1.82, 2.24) is 16.0 Å². The van der Waals surface area contributed by atoms with Gasteiger partial charge in [-0.2, -0.15) is 0 Å². The van der Waals surface area contributed by atoms with E-state index in [1.807, 2.05) is 5.32 Å². The van der Waals surface area contributed by atoms with Gasteiger partial charge in [-0.3, -0.25) is 24.0 Å². The molecule has 10 N–H and O–H groups in total. The Balaban J connectivity index is 3.10. The number of aromatic hydroxyl groups is 1. The lowest BCUT2D eigenvalue weighted by molar-refractivity contribution is -0.144. The zero-order chi connectivity index (χ0) is 27.4. The van der Waals surface area contributed by atoms with Gasteiger partial charge < -0.3 is 47.2 Å². The van der Waals surface area contributed by atoms with E-state index in [-0.39, 0.29) is 18.6 Å². The molecule has 36 heavy (non-hydrogen) atoms. The first-order valence-electron chi connectivity index (χ1n) is 10.6. The van der Waals surface area contributed by atoms with Crippen LogP contribution < -0.4 is 21.7 Å². The van der Waals surface area contributed by atoms with E-state index in [4.69, 9.17) is 21.1 Å². The summed E-state index contributed by atoms with van der Waals surface area (Å²) < 4.78 is 0. The minimum Gasteiger partial charge on any atom is -0.508 e. The predicted molar refractivity (Wildman–Crippen MR) is 119 cm³/mol. The molecule has 15 heteroatoms. The lowest BCUT2D eigenvalue weighted by atomic mass is 10.0. The molecule has 3 amide bonds. The van der Waals surface area contributed by atoms with Gasteiger partial charge in [0, 0.05) is 12.8 Å². The number of aliphatic carboxylic acids is 3. The molecule has 0 spiro atoms. The predicted octanol–water partition coefficient (Wildman–Crippen LogP) is -2.87. The Morgan fingerprint density at radius 1 is 0.778 bits per heavy atom. The van der Waals surface area contributed by atoms with Crippen molar-refractivity contribution in [3.8, 4) is 5.75 Å². The molecule has 1 aromatic rings. The van der Waals surface area contributed by atoms with Crippen LogP contribution in [-0.2, 0) is 35.2 Å². The number of hydrogen-bond acceptors (Lipinski definition) is 9. The molecular weight excluding hydrogens is 484 g/mol. The number of carboxylic acid groups (broad SMARTS) is 3. The summed E-state index contributed by atoms with van der Waals surface area (Å²) in [6, 6.07) is -0.822. The van der Waals surface area contributed by atoms with Crippen LogP contribution >= 0.6 is 0 Å². The summed E-state index contributed by atoms with van der Waals surface area (Å²) in [5, 5.41) is 51.9. The van der Waals surface area contributed by atoms with E-state index in [9.17, 15) is 39.0 Å². The van der Waals surface area contributed by atoms with Crippen molar-refractivity contribution in [2.45, 2.75) is 49.9 Å². The maximum absolute atomic E-state index is 12.8. The maximum atomic E-state index is 12.8. The third kappa shape index (κ3) is 10.4. The molecule has 0 saturated heterocycles. The number of nitrogens with two attached hydrogens (primary N) is 1. The largest absolute Gasteiger partial charge is 0.508 e. The smallest absolute Gasteiger partial charge is 0.328 e. The fourth-order valence-corrected chi connectivity index (χ4v) is 2.88. The summed E-state index contributed by atoms with van der Waals surface area (Å²) in [7, 11) is 0. The highest BCUT2D eigenvalue weighted by atomic mass is 16.4. The van der Waals surface area contributed by atoms with Gasteiger partial charge in [0.05, 0.1) is 19.1 Å². The van der Waals surface area contributed by atoms with Crippen molar-refractivity contribution in [2.24, 2.45) is 5.73 Å². The molecule has 1 rings (SSSR count). The first-order valence-corrected chi connectivity index (χ1v) is 10.6. The molecule has 0 radical (unpaired) electrons. The molecule has 1 aromatic carbocycles. The van der Waals surface area contributed by atoms with Crippen molar-refractivity contribution < 1.29 is 54.3 Å². The Hall–Kier alpha value is -4.24. The number of benzene rings is 1. The van der Waals surface area contributed by atoms with Crippen molar-refractivity contribution >= 4 is 35.6 Å². The van der Waals surface area contributed by atoms with Gasteiger partial charge >= 0.3 is 17.9 Å². The Morgan fingerprint density at radius 2 is 1.31 bits per heavy atom. The monoisotopic (exact) mass is 512 g/mol. The van der Waals surface area contributed by atoms with Crippen LogP contribution in [0.3, 0.4) is 0 Å². The lowest BCUT2D eigenvalue weighted by Gasteiger charge is -2.24. The minimum absolute atomic E-state index is 0.0847. The van der Waals surface area contributed by atoms with Crippen molar-refractivity contribution in [2.75, 3.05) is 6.61 Å². The molecule has 4 atom stereocenters. The van der Waals surface area contributed by atoms with Gasteiger partial charge in [0.2, 0.25) is 17.7 Å². The average molecular weight is 512 g/mol. The summed E-state index contributed by atoms with van der Waals surface area (Å²) in [6.07, 6.45) is -1.88. The van der Waals surface area contributed by atoms with Crippen LogP contribution in [0.1, 0.15) is 24.8 Å². The average Bonchev–Trinajstić information content (AvgIpc) is 2.80. The van der Waals surface area contributed by atoms with E-state index < -0.39 is 79.2 Å². The standard InChI is InChI=1S/C21H28N4O11/c22-12(5-6-16(28)29)18(32)23-14(8-17(30)31)20(34)24-13(7-10-1-3-11(27)4-2-10)19(33)25-15(9-26)21(35)36/h1-4,12-15,26-27H,5-9,22H2,(H,23,32)(H,24,34)(H,25,33)(H,28,29)(H,30,31)(H,35,36). The van der Waals surface area contributed by atoms with Gasteiger partial charge in [0.15, 0.2) is 0 Å². The fourth-order valence-electron chi connectivity index (χ4n) is 2.88. The van der Waals surface area contributed by atoms with E-state index in [0.717, 1.165) is 0 Å². The molecule has 0 heterocycles. The summed E-state index contributed by atoms with van der Waals surface area (Å²) in [5.74, 6) is -7.49. The zero-order valence-corrected chi connectivity index (χ0v) is 18.9. The summed E-state index contributed by atoms with van der Waals surface area (Å²) >= 11 is 0. The third-order valence-electron chi connectivity index (χ3n) is 4.82. The van der Waals surface area contributed by atoms with Crippen LogP contribution in [0.4, 0.5) is 0 Å². The van der Waals surface area contributed by atoms with Crippen LogP contribution in [0.25, 0.3) is 0 Å². The molecule has 0 aliphatic rings. The number of rotatable bonds is 15. The summed E-state index contributed by atoms with van der Waals surface area (Å²) in [6.45, 7) is -0.952. The Bertz CT molecular complexity index is 967. The number of amides is 3. The molecule has 0 aliphatic heterocycles. The van der Waals surface area contributed by atoms with Crippen molar-refractivity contribution in [1.29, 1.82) is 0 Å². The molecule has 0 aromatic heterocycles. The normalized spacial score (nSPS) is 13.9. The van der Waals surface area contributed by atoms with Crippen LogP contribution in [0, 0.1) is 0 Å². The van der Waals surface area contributed by atoms with E-state index in [1.54, 1.807) is 0 Å². The van der Waals surface area contributed by atoms with Gasteiger partial charge in [0.25, 0.3) is 0 Å². The summed E-state index contributed by atoms with van der Waals surface area (Å²) in [5.41, 5.74) is 6.00. The minimum atomic E-state index is -1.71. The molecule has 0 saturated carbocycles. The second kappa shape index (κ2) is 14.2. The SMILES string of the molecule is NC(CCC(=O)O)C(=O)NC(CC(=O)O)C(=O)NC(Cc1ccc(O)cc1)C(=O)NC(CO)C(=O)O. The highest BCUT2D eigenvalue weighted by molar-refractivity contribution is 5.95. The number of carbonyl (C=O) groups is 6. The van der Waals surface area contributed by atoms with Gasteiger partial charge in [-0.15, -0.1) is 0 Å². The van der Waals surface area contributed by atoms with E-state index in [2.05, 4.69) is 10.6 Å². The van der Waals surface area contributed by atoms with E-state index >= 15 is 0 Å². The Kier molecular flexibility index (Phi) is 11.8. The number of carbonyl (C=O) groups excluding carboxylic acids is 3. The molecular formula is C21H28N4O11. The maximum Gasteiger partial charge on any atom is 0.328 e. The highest BCUT2D eigenvalue weighted by Crippen LogP contribution is 2.12. The van der Waals surface area contributed by atoms with Crippen molar-refractivity contribution in [3.63, 3.8) is 0 Å². The zero-order valence-electron chi connectivity index (χ0n) is 18.9. The van der Waals surface area contributed by atoms with E-state index in [0.29, 0.717) is 5.56 Å². The van der Waals surface area contributed by atoms with Crippen LogP contribution in [-0.4, -0.2) is 91.9 Å². The number of phenolic OH excluding ortho intramolecular Hbond substituents is 1. The van der Waals surface area contributed by atoms with Crippen LogP contribution in [0.15, 0.2) is 24.3 Å². The Labute approximate surface area is 204 Å². The fraction of sp³-hybridized carbons (Fsp3) is 0.429. The molecule has 0 aliphatic carbocycles. The number of hydrogen-bond donors (Lipinski definition) is 9. The molecule has 4 unspecified atom stereocenters. The Morgan fingerprint density at radius 3 is 1.81 bits per heavy atom. The molecule has 0 bridgehead atoms. The number of aliphatic hydroxyl groups excluding tert-OH is 1. The summed E-state index contributed by atoms with van der Waals surface area (Å²) in [4.78, 5) is 70.9. The quantitative estimate of drug-likeness (QED) is 0.115. The van der Waals surface area contributed by atoms with Crippen molar-refractivity contribution in [3.05, 3.63) is 29.8 Å². The van der Waals surface area contributed by atoms with E-state index in [1.165, 1.54) is 24.3 Å². The van der Waals surface area contributed by atoms with Gasteiger partial charge in [-0.1, -0.05) is 12.1 Å². The second-order valence-corrected chi connectivity index (χ2v) is 7.71. The first-order chi connectivity index (χ1) is 16.8. The topological polar surface area (TPSA) is 266 Å². The second-order valence-electron chi connectivity index (χ2n) is 7.71. The lowest BCUT2D eigenvalue weighted by Crippen LogP contribution is -2.58. The number of aliphatic hydroxyl groups is 1. The molecule has 0 fully saturated rings.